The van der Waals surface area contributed by atoms with E-state index in [-0.39, 0.29) is 0 Å². The van der Waals surface area contributed by atoms with Gasteiger partial charge in [-0.15, -0.1) is 0 Å². The zero-order valence-electron chi connectivity index (χ0n) is 23.0. The van der Waals surface area contributed by atoms with E-state index >= 15 is 0 Å². The lowest BCUT2D eigenvalue weighted by Crippen LogP contribution is -2.36. The Labute approximate surface area is 246 Å². The number of benzene rings is 6. The maximum Gasteiger partial charge on any atom is 0.169 e. The maximum atomic E-state index is 6.18. The summed E-state index contributed by atoms with van der Waals surface area (Å²) in [4.78, 5) is 15.1. The molecular weight excluding hydrogens is 528 g/mol. The molecule has 6 aromatic carbocycles. The number of aliphatic imine (C=N–C) groups is 2. The highest BCUT2D eigenvalue weighted by atomic mass is 16.3. The Kier molecular flexibility index (Phi) is 5.19. The van der Waals surface area contributed by atoms with Crippen LogP contribution in [0.3, 0.4) is 0 Å². The van der Waals surface area contributed by atoms with Gasteiger partial charge in [0.15, 0.2) is 11.7 Å². The van der Waals surface area contributed by atoms with Gasteiger partial charge in [0.1, 0.15) is 22.8 Å². The number of rotatable bonds is 3. The second-order valence-corrected chi connectivity index (χ2v) is 10.8. The minimum absolute atomic E-state index is 0.421. The van der Waals surface area contributed by atoms with Gasteiger partial charge in [0.25, 0.3) is 0 Å². The molecule has 5 nitrogen and oxygen atoms in total. The quantitative estimate of drug-likeness (QED) is 0.223. The molecule has 0 bridgehead atoms. The van der Waals surface area contributed by atoms with Crippen LogP contribution in [0, 0.1) is 0 Å². The van der Waals surface area contributed by atoms with E-state index in [0.717, 1.165) is 55.8 Å². The average Bonchev–Trinajstić information content (AvgIpc) is 3.47. The van der Waals surface area contributed by atoms with Crippen molar-refractivity contribution in [2.24, 2.45) is 9.98 Å². The standard InChI is InChI=1S/C38H24N4O/c1-2-11-24(12-3-1)36-40-37(29-16-8-17-32-34(29)35-33(43-32)18-9-21-39-35)42-38(41-36)31-22-30-25-13-5-4-10-23(25)19-20-28(30)26-14-6-7-15-27(26)31/h1-22,36H,(H,40,41,42). The van der Waals surface area contributed by atoms with Gasteiger partial charge < -0.3 is 9.73 Å². The number of nitrogens with one attached hydrogen (secondary N) is 1. The molecule has 3 heterocycles. The van der Waals surface area contributed by atoms with Crippen molar-refractivity contribution in [1.82, 2.24) is 10.3 Å². The van der Waals surface area contributed by atoms with E-state index in [1.807, 2.05) is 42.5 Å². The summed E-state index contributed by atoms with van der Waals surface area (Å²) in [5.41, 5.74) is 5.34. The third-order valence-electron chi connectivity index (χ3n) is 8.37. The van der Waals surface area contributed by atoms with Crippen LogP contribution in [0.25, 0.3) is 54.4 Å². The van der Waals surface area contributed by atoms with Crippen LogP contribution in [0.15, 0.2) is 148 Å². The topological polar surface area (TPSA) is 62.8 Å². The van der Waals surface area contributed by atoms with E-state index < -0.39 is 6.17 Å². The lowest BCUT2D eigenvalue weighted by molar-refractivity contribution is 0.668. The Balaban J connectivity index is 1.31. The van der Waals surface area contributed by atoms with Crippen molar-refractivity contribution >= 4 is 66.1 Å². The Morgan fingerprint density at radius 3 is 2.14 bits per heavy atom. The van der Waals surface area contributed by atoms with Gasteiger partial charge in [-0.05, 0) is 62.1 Å². The van der Waals surface area contributed by atoms with Crippen molar-refractivity contribution in [3.63, 3.8) is 0 Å². The second-order valence-electron chi connectivity index (χ2n) is 10.8. The molecule has 202 valence electrons. The van der Waals surface area contributed by atoms with E-state index in [9.17, 15) is 0 Å². The summed E-state index contributed by atoms with van der Waals surface area (Å²) in [5, 5.41) is 11.8. The van der Waals surface area contributed by atoms with Gasteiger partial charge in [-0.3, -0.25) is 4.98 Å². The second kappa shape index (κ2) is 9.36. The van der Waals surface area contributed by atoms with Crippen LogP contribution in [-0.2, 0) is 0 Å². The fourth-order valence-corrected chi connectivity index (χ4v) is 6.39. The monoisotopic (exact) mass is 552 g/mol. The van der Waals surface area contributed by atoms with Crippen LogP contribution in [0.2, 0.25) is 0 Å². The predicted molar refractivity (Wildman–Crippen MR) is 176 cm³/mol. The van der Waals surface area contributed by atoms with E-state index in [1.54, 1.807) is 6.20 Å². The lowest BCUT2D eigenvalue weighted by Gasteiger charge is -2.24. The van der Waals surface area contributed by atoms with Gasteiger partial charge in [-0.2, -0.15) is 0 Å². The number of pyridine rings is 1. The van der Waals surface area contributed by atoms with Gasteiger partial charge in [-0.25, -0.2) is 9.98 Å². The Bertz CT molecular complexity index is 2440. The van der Waals surface area contributed by atoms with E-state index in [4.69, 9.17) is 14.4 Å². The smallest absolute Gasteiger partial charge is 0.169 e. The molecule has 1 aliphatic heterocycles. The first-order chi connectivity index (χ1) is 21.3. The van der Waals surface area contributed by atoms with E-state index in [1.165, 1.54) is 26.9 Å². The Hall–Kier alpha value is -5.81. The molecule has 9 rings (SSSR count). The van der Waals surface area contributed by atoms with Gasteiger partial charge in [-0.1, -0.05) is 103 Å². The Morgan fingerprint density at radius 2 is 1.26 bits per heavy atom. The first-order valence-electron chi connectivity index (χ1n) is 14.4. The number of nitrogens with zero attached hydrogens (tertiary/aromatic N) is 3. The van der Waals surface area contributed by atoms with E-state index in [2.05, 4.69) is 95.2 Å². The number of hydrogen-bond acceptors (Lipinski definition) is 5. The van der Waals surface area contributed by atoms with Crippen molar-refractivity contribution in [3.8, 4) is 0 Å². The first-order valence-corrected chi connectivity index (χ1v) is 14.4. The van der Waals surface area contributed by atoms with Gasteiger partial charge in [0.05, 0.1) is 5.39 Å². The molecule has 1 atom stereocenters. The maximum absolute atomic E-state index is 6.18. The third kappa shape index (κ3) is 3.75. The molecule has 1 N–H and O–H groups in total. The van der Waals surface area contributed by atoms with Crippen LogP contribution in [0.5, 0.6) is 0 Å². The molecule has 2 aromatic heterocycles. The van der Waals surface area contributed by atoms with Crippen LogP contribution >= 0.6 is 0 Å². The zero-order chi connectivity index (χ0) is 28.3. The number of amidine groups is 2. The number of aromatic nitrogens is 1. The molecule has 0 saturated heterocycles. The summed E-state index contributed by atoms with van der Waals surface area (Å²) in [7, 11) is 0. The molecule has 43 heavy (non-hydrogen) atoms. The summed E-state index contributed by atoms with van der Waals surface area (Å²) in [6.45, 7) is 0. The molecule has 0 saturated carbocycles. The average molecular weight is 553 g/mol. The zero-order valence-corrected chi connectivity index (χ0v) is 23.0. The molecular formula is C38H24N4O. The normalized spacial score (nSPS) is 15.2. The number of furan rings is 1. The highest BCUT2D eigenvalue weighted by molar-refractivity contribution is 6.28. The largest absolute Gasteiger partial charge is 0.454 e. The highest BCUT2D eigenvalue weighted by Gasteiger charge is 2.25. The van der Waals surface area contributed by atoms with Crippen molar-refractivity contribution in [1.29, 1.82) is 0 Å². The van der Waals surface area contributed by atoms with Crippen LogP contribution in [0.4, 0.5) is 0 Å². The van der Waals surface area contributed by atoms with Crippen LogP contribution in [-0.4, -0.2) is 16.7 Å². The van der Waals surface area contributed by atoms with Gasteiger partial charge >= 0.3 is 0 Å². The summed E-state index contributed by atoms with van der Waals surface area (Å²) < 4.78 is 6.18. The van der Waals surface area contributed by atoms with Crippen molar-refractivity contribution < 1.29 is 4.42 Å². The molecule has 0 spiro atoms. The van der Waals surface area contributed by atoms with E-state index in [0.29, 0.717) is 0 Å². The van der Waals surface area contributed by atoms with Crippen LogP contribution < -0.4 is 5.32 Å². The molecule has 0 amide bonds. The fourth-order valence-electron chi connectivity index (χ4n) is 6.39. The number of fused-ring (bicyclic) bond motifs is 8. The predicted octanol–water partition coefficient (Wildman–Crippen LogP) is 8.94. The van der Waals surface area contributed by atoms with Gasteiger partial charge in [0, 0.05) is 17.3 Å². The summed E-state index contributed by atoms with van der Waals surface area (Å²) in [6, 6.07) is 44.0. The van der Waals surface area contributed by atoms with Crippen molar-refractivity contribution in [3.05, 3.63) is 150 Å². The SMILES string of the molecule is c1ccc(C2N=C(c3cc4c5ccccc5ccc4c4ccccc34)NC(c3cccc4oc5cccnc5c34)=N2)cc1. The number of hydrogen-bond donors (Lipinski definition) is 1. The molecule has 5 heteroatoms. The summed E-state index contributed by atoms with van der Waals surface area (Å²) >= 11 is 0. The minimum Gasteiger partial charge on any atom is -0.454 e. The molecule has 8 aromatic rings. The van der Waals surface area contributed by atoms with Crippen molar-refractivity contribution in [2.75, 3.05) is 0 Å². The molecule has 1 unspecified atom stereocenters. The lowest BCUT2D eigenvalue weighted by atomic mass is 9.93. The molecule has 0 fully saturated rings. The van der Waals surface area contributed by atoms with Crippen LogP contribution in [0.1, 0.15) is 22.9 Å². The highest BCUT2D eigenvalue weighted by Crippen LogP contribution is 2.36. The Morgan fingerprint density at radius 1 is 0.535 bits per heavy atom. The molecule has 0 aliphatic carbocycles. The fraction of sp³-hybridized carbons (Fsp3) is 0.0263. The molecule has 1 aliphatic rings. The first kappa shape index (κ1) is 23.9. The molecule has 0 radical (unpaired) electrons. The van der Waals surface area contributed by atoms with Gasteiger partial charge in [0.2, 0.25) is 0 Å². The summed E-state index contributed by atoms with van der Waals surface area (Å²) in [5.74, 6) is 1.52. The minimum atomic E-state index is -0.421. The summed E-state index contributed by atoms with van der Waals surface area (Å²) in [6.07, 6.45) is 1.38. The third-order valence-corrected chi connectivity index (χ3v) is 8.37. The van der Waals surface area contributed by atoms with Crippen molar-refractivity contribution in [2.45, 2.75) is 6.17 Å².